The molecule has 2 aliphatic heterocycles. The van der Waals surface area contributed by atoms with Crippen LogP contribution in [0.1, 0.15) is 35.4 Å². The van der Waals surface area contributed by atoms with Gasteiger partial charge in [0.05, 0.1) is 18.9 Å². The van der Waals surface area contributed by atoms with E-state index in [0.717, 1.165) is 44.8 Å². The Morgan fingerprint density at radius 3 is 2.70 bits per heavy atom. The fraction of sp³-hybridized carbons (Fsp3) is 0.208. The third kappa shape index (κ3) is 3.48. The lowest BCUT2D eigenvalue weighted by molar-refractivity contribution is -0.0191. The molecular weight excluding hydrogens is 460 g/mol. The summed E-state index contributed by atoms with van der Waals surface area (Å²) in [4.78, 5) is 1.23. The fourth-order valence-electron chi connectivity index (χ4n) is 4.02. The number of hydrogen-bond donors (Lipinski definition) is 0. The molecule has 0 saturated heterocycles. The third-order valence-electron chi connectivity index (χ3n) is 5.56. The zero-order valence-electron chi connectivity index (χ0n) is 16.7. The number of fused-ring (bicyclic) bond motifs is 3. The van der Waals surface area contributed by atoms with E-state index in [1.54, 1.807) is 18.9 Å². The molecule has 0 bridgehead atoms. The van der Waals surface area contributed by atoms with Crippen molar-refractivity contribution >= 4 is 33.4 Å². The molecule has 0 saturated carbocycles. The molecule has 0 radical (unpaired) electrons. The third-order valence-corrected chi connectivity index (χ3v) is 6.79. The van der Waals surface area contributed by atoms with Gasteiger partial charge in [-0.25, -0.2) is 5.01 Å². The number of hydrazone groups is 1. The first-order valence-corrected chi connectivity index (χ1v) is 11.8. The second-order valence-electron chi connectivity index (χ2n) is 7.30. The molecule has 3 aromatic rings. The molecule has 30 heavy (non-hydrogen) atoms. The topological polar surface area (TPSA) is 34.1 Å². The maximum Gasteiger partial charge on any atom is 0.213 e. The van der Waals surface area contributed by atoms with Gasteiger partial charge in [-0.3, -0.25) is 0 Å². The molecule has 2 aliphatic rings. The van der Waals surface area contributed by atoms with Crippen molar-refractivity contribution < 1.29 is 9.47 Å². The molecule has 152 valence electrons. The number of benzene rings is 3. The van der Waals surface area contributed by atoms with Gasteiger partial charge in [0, 0.05) is 32.5 Å². The Kier molecular flexibility index (Phi) is 5.21. The van der Waals surface area contributed by atoms with Crippen molar-refractivity contribution in [3.8, 4) is 11.5 Å². The first kappa shape index (κ1) is 19.5. The highest BCUT2D eigenvalue weighted by Crippen LogP contribution is 2.48. The van der Waals surface area contributed by atoms with Crippen LogP contribution in [0.4, 0.5) is 0 Å². The Morgan fingerprint density at radius 1 is 1.10 bits per heavy atom. The van der Waals surface area contributed by atoms with E-state index in [0.29, 0.717) is 0 Å². The van der Waals surface area contributed by atoms with E-state index in [2.05, 4.69) is 63.6 Å². The van der Waals surface area contributed by atoms with E-state index < -0.39 is 0 Å². The second-order valence-corrected chi connectivity index (χ2v) is 9.10. The molecule has 3 aromatic carbocycles. The van der Waals surface area contributed by atoms with Crippen LogP contribution in [0, 0.1) is 0 Å². The molecule has 6 heteroatoms. The Balaban J connectivity index is 1.58. The van der Waals surface area contributed by atoms with Gasteiger partial charge in [-0.05, 0) is 48.7 Å². The number of halogens is 1. The van der Waals surface area contributed by atoms with Gasteiger partial charge in [-0.1, -0.05) is 40.2 Å². The number of thioether (sulfide) groups is 1. The van der Waals surface area contributed by atoms with Crippen LogP contribution < -0.4 is 9.47 Å². The normalized spacial score (nSPS) is 19.6. The van der Waals surface area contributed by atoms with E-state index in [1.807, 2.05) is 30.3 Å². The van der Waals surface area contributed by atoms with Crippen LogP contribution in [-0.2, 0) is 0 Å². The van der Waals surface area contributed by atoms with Crippen molar-refractivity contribution in [2.45, 2.75) is 23.6 Å². The largest absolute Gasteiger partial charge is 0.497 e. The molecule has 0 aliphatic carbocycles. The van der Waals surface area contributed by atoms with Crippen LogP contribution >= 0.6 is 27.7 Å². The standard InChI is InChI=1S/C24H21BrN2O2S/c1-28-18-5-3-4-16(12-18)21-14-22-20-13-17(25)8-11-23(20)29-24(27(22)26-21)15-6-9-19(30-2)10-7-15/h3-13,22,24H,14H2,1-2H3. The zero-order chi connectivity index (χ0) is 20.7. The minimum atomic E-state index is -0.261. The van der Waals surface area contributed by atoms with Crippen molar-refractivity contribution in [1.29, 1.82) is 0 Å². The van der Waals surface area contributed by atoms with Crippen LogP contribution in [0.2, 0.25) is 0 Å². The summed E-state index contributed by atoms with van der Waals surface area (Å²) in [6, 6.07) is 23.0. The van der Waals surface area contributed by atoms with Gasteiger partial charge in [-0.2, -0.15) is 5.10 Å². The van der Waals surface area contributed by atoms with Gasteiger partial charge < -0.3 is 9.47 Å². The molecule has 4 nitrogen and oxygen atoms in total. The first-order valence-electron chi connectivity index (χ1n) is 9.76. The number of methoxy groups -OCH3 is 1. The molecule has 0 fully saturated rings. The molecule has 5 rings (SSSR count). The first-order chi connectivity index (χ1) is 14.7. The molecule has 0 N–H and O–H groups in total. The molecular formula is C24H21BrN2O2S. The van der Waals surface area contributed by atoms with Crippen molar-refractivity contribution in [1.82, 2.24) is 5.01 Å². The Labute approximate surface area is 189 Å². The maximum absolute atomic E-state index is 6.46. The summed E-state index contributed by atoms with van der Waals surface area (Å²) in [5, 5.41) is 7.14. The molecule has 2 atom stereocenters. The quantitative estimate of drug-likeness (QED) is 0.403. The molecule has 2 heterocycles. The maximum atomic E-state index is 6.46. The van der Waals surface area contributed by atoms with Gasteiger partial charge in [0.1, 0.15) is 11.5 Å². The van der Waals surface area contributed by atoms with Gasteiger partial charge in [0.25, 0.3) is 0 Å². The fourth-order valence-corrected chi connectivity index (χ4v) is 4.81. The molecule has 0 aromatic heterocycles. The van der Waals surface area contributed by atoms with Crippen LogP contribution in [0.5, 0.6) is 11.5 Å². The van der Waals surface area contributed by atoms with Crippen molar-refractivity contribution in [2.75, 3.05) is 13.4 Å². The summed E-state index contributed by atoms with van der Waals surface area (Å²) in [7, 11) is 1.69. The average Bonchev–Trinajstić information content (AvgIpc) is 3.25. The molecule has 0 spiro atoms. The van der Waals surface area contributed by atoms with Crippen molar-refractivity contribution in [3.63, 3.8) is 0 Å². The van der Waals surface area contributed by atoms with E-state index in [1.165, 1.54) is 4.90 Å². The van der Waals surface area contributed by atoms with E-state index in [9.17, 15) is 0 Å². The minimum Gasteiger partial charge on any atom is -0.497 e. The summed E-state index contributed by atoms with van der Waals surface area (Å²) < 4.78 is 12.9. The highest BCUT2D eigenvalue weighted by Gasteiger charge is 2.41. The summed E-state index contributed by atoms with van der Waals surface area (Å²) in [6.45, 7) is 0. The second kappa shape index (κ2) is 8.00. The van der Waals surface area contributed by atoms with Crippen LogP contribution in [-0.4, -0.2) is 24.1 Å². The summed E-state index contributed by atoms with van der Waals surface area (Å²) in [5.41, 5.74) is 4.38. The SMILES string of the molecule is COc1cccc(C2=NN3C(C2)c2cc(Br)ccc2OC3c2ccc(SC)cc2)c1. The van der Waals surface area contributed by atoms with E-state index in [4.69, 9.17) is 14.6 Å². The van der Waals surface area contributed by atoms with Gasteiger partial charge in [0.15, 0.2) is 0 Å². The Morgan fingerprint density at radius 2 is 1.93 bits per heavy atom. The van der Waals surface area contributed by atoms with Crippen LogP contribution in [0.3, 0.4) is 0 Å². The smallest absolute Gasteiger partial charge is 0.213 e. The highest BCUT2D eigenvalue weighted by molar-refractivity contribution is 9.10. The number of hydrogen-bond acceptors (Lipinski definition) is 5. The van der Waals surface area contributed by atoms with Crippen LogP contribution in [0.15, 0.2) is 81.2 Å². The van der Waals surface area contributed by atoms with Gasteiger partial charge >= 0.3 is 0 Å². The lowest BCUT2D eigenvalue weighted by Crippen LogP contribution is -2.33. The van der Waals surface area contributed by atoms with Crippen molar-refractivity contribution in [2.24, 2.45) is 5.10 Å². The Bertz CT molecular complexity index is 1120. The number of nitrogens with zero attached hydrogens (tertiary/aromatic N) is 2. The predicted octanol–water partition coefficient (Wildman–Crippen LogP) is 6.42. The van der Waals surface area contributed by atoms with Crippen molar-refractivity contribution in [3.05, 3.63) is 87.9 Å². The van der Waals surface area contributed by atoms with E-state index >= 15 is 0 Å². The lowest BCUT2D eigenvalue weighted by Gasteiger charge is -2.38. The summed E-state index contributed by atoms with van der Waals surface area (Å²) in [6.07, 6.45) is 2.64. The summed E-state index contributed by atoms with van der Waals surface area (Å²) in [5.74, 6) is 1.75. The predicted molar refractivity (Wildman–Crippen MR) is 124 cm³/mol. The minimum absolute atomic E-state index is 0.123. The average molecular weight is 481 g/mol. The van der Waals surface area contributed by atoms with Gasteiger partial charge in [0.2, 0.25) is 6.23 Å². The Hall–Kier alpha value is -2.44. The number of ether oxygens (including phenoxy) is 2. The summed E-state index contributed by atoms with van der Waals surface area (Å²) >= 11 is 5.35. The highest BCUT2D eigenvalue weighted by atomic mass is 79.9. The molecule has 2 unspecified atom stereocenters. The monoisotopic (exact) mass is 480 g/mol. The van der Waals surface area contributed by atoms with E-state index in [-0.39, 0.29) is 12.3 Å². The number of rotatable bonds is 4. The molecule has 0 amide bonds. The lowest BCUT2D eigenvalue weighted by atomic mass is 9.96. The zero-order valence-corrected chi connectivity index (χ0v) is 19.1. The van der Waals surface area contributed by atoms with Gasteiger partial charge in [-0.15, -0.1) is 11.8 Å². The van der Waals surface area contributed by atoms with Crippen LogP contribution in [0.25, 0.3) is 0 Å².